The summed E-state index contributed by atoms with van der Waals surface area (Å²) in [6, 6.07) is 5.97. The molecule has 1 N–H and O–H groups in total. The summed E-state index contributed by atoms with van der Waals surface area (Å²) in [5.74, 6) is 0. The number of nitrogens with zero attached hydrogens (tertiary/aromatic N) is 1. The molecule has 0 heterocycles. The first-order valence-electron chi connectivity index (χ1n) is 6.62. The van der Waals surface area contributed by atoms with Crippen molar-refractivity contribution < 1.29 is 21.6 Å². The molecule has 0 saturated carbocycles. The molecule has 0 unspecified atom stereocenters. The molecular formula is C13H19F3N2O2S. The molecular weight excluding hydrogens is 305 g/mol. The third-order valence-corrected chi connectivity index (χ3v) is 4.60. The van der Waals surface area contributed by atoms with E-state index >= 15 is 0 Å². The number of hydrogen-bond donors (Lipinski definition) is 1. The summed E-state index contributed by atoms with van der Waals surface area (Å²) >= 11 is 0. The van der Waals surface area contributed by atoms with E-state index in [4.69, 9.17) is 0 Å². The smallest absolute Gasteiger partial charge is 0.384 e. The van der Waals surface area contributed by atoms with Gasteiger partial charge in [0.15, 0.2) is 0 Å². The molecule has 120 valence electrons. The molecule has 0 saturated heterocycles. The van der Waals surface area contributed by atoms with Crippen molar-refractivity contribution in [2.45, 2.75) is 31.3 Å². The van der Waals surface area contributed by atoms with Gasteiger partial charge in [0.05, 0.1) is 5.69 Å². The summed E-state index contributed by atoms with van der Waals surface area (Å²) < 4.78 is 63.2. The number of sulfonamides is 1. The predicted molar refractivity (Wildman–Crippen MR) is 75.7 cm³/mol. The fourth-order valence-corrected chi connectivity index (χ4v) is 3.59. The van der Waals surface area contributed by atoms with Crippen molar-refractivity contribution in [3.8, 4) is 0 Å². The lowest BCUT2D eigenvalue weighted by atomic mass is 10.3. The third-order valence-electron chi connectivity index (χ3n) is 2.70. The zero-order valence-corrected chi connectivity index (χ0v) is 12.8. The minimum atomic E-state index is -4.57. The largest absolute Gasteiger partial charge is 0.402 e. The third kappa shape index (κ3) is 4.89. The number of para-hydroxylation sites is 1. The predicted octanol–water partition coefficient (Wildman–Crippen LogP) is 3.08. The van der Waals surface area contributed by atoms with E-state index in [1.165, 1.54) is 18.2 Å². The zero-order valence-electron chi connectivity index (χ0n) is 11.9. The molecule has 0 aromatic heterocycles. The molecule has 0 atom stereocenters. The number of anilines is 1. The van der Waals surface area contributed by atoms with E-state index in [-0.39, 0.29) is 11.4 Å². The van der Waals surface area contributed by atoms with E-state index in [2.05, 4.69) is 5.32 Å². The van der Waals surface area contributed by atoms with Crippen molar-refractivity contribution in [1.82, 2.24) is 4.31 Å². The molecule has 0 aliphatic carbocycles. The van der Waals surface area contributed by atoms with Crippen LogP contribution in [0.4, 0.5) is 18.9 Å². The van der Waals surface area contributed by atoms with Crippen LogP contribution in [0.5, 0.6) is 0 Å². The van der Waals surface area contributed by atoms with Gasteiger partial charge in [-0.05, 0) is 25.5 Å². The van der Waals surface area contributed by atoms with Gasteiger partial charge < -0.3 is 5.32 Å². The van der Waals surface area contributed by atoms with Gasteiger partial charge in [-0.25, -0.2) is 8.42 Å². The molecule has 0 fully saturated rings. The van der Waals surface area contributed by atoms with Crippen molar-refractivity contribution >= 4 is 15.7 Å². The number of rotatable bonds is 7. The quantitative estimate of drug-likeness (QED) is 0.838. The highest BCUT2D eigenvalue weighted by molar-refractivity contribution is 7.89. The molecule has 0 aliphatic heterocycles. The van der Waals surface area contributed by atoms with E-state index < -0.39 is 22.7 Å². The van der Waals surface area contributed by atoms with Gasteiger partial charge in [0, 0.05) is 13.1 Å². The van der Waals surface area contributed by atoms with E-state index in [1.54, 1.807) is 19.9 Å². The summed E-state index contributed by atoms with van der Waals surface area (Å²) in [5, 5.41) is 2.85. The number of hydrogen-bond acceptors (Lipinski definition) is 3. The van der Waals surface area contributed by atoms with Gasteiger partial charge in [0.2, 0.25) is 10.0 Å². The normalized spacial score (nSPS) is 12.7. The van der Waals surface area contributed by atoms with Gasteiger partial charge >= 0.3 is 6.18 Å². The fraction of sp³-hybridized carbons (Fsp3) is 0.538. The van der Waals surface area contributed by atoms with E-state index in [0.717, 1.165) is 0 Å². The summed E-state index contributed by atoms with van der Waals surface area (Å²) in [6.07, 6.45) is -4.27. The number of benzene rings is 1. The highest BCUT2D eigenvalue weighted by atomic mass is 32.2. The highest BCUT2D eigenvalue weighted by Gasteiger charge is 2.37. The first kappa shape index (κ1) is 17.8. The van der Waals surface area contributed by atoms with Crippen LogP contribution >= 0.6 is 0 Å². The lowest BCUT2D eigenvalue weighted by Crippen LogP contribution is -2.39. The first-order valence-corrected chi connectivity index (χ1v) is 8.06. The first-order chi connectivity index (χ1) is 9.72. The van der Waals surface area contributed by atoms with Crippen molar-refractivity contribution in [3.63, 3.8) is 0 Å². The molecule has 0 bridgehead atoms. The summed E-state index contributed by atoms with van der Waals surface area (Å²) in [7, 11) is -4.20. The highest BCUT2D eigenvalue weighted by Crippen LogP contribution is 2.27. The number of alkyl halides is 3. The topological polar surface area (TPSA) is 49.4 Å². The Bertz CT molecular complexity index is 559. The summed E-state index contributed by atoms with van der Waals surface area (Å²) in [6.45, 7) is 2.23. The lowest BCUT2D eigenvalue weighted by Gasteiger charge is -2.24. The van der Waals surface area contributed by atoms with Gasteiger partial charge in [-0.15, -0.1) is 0 Å². The van der Waals surface area contributed by atoms with Gasteiger partial charge in [-0.3, -0.25) is 0 Å². The Balaban J connectivity index is 3.23. The molecule has 21 heavy (non-hydrogen) atoms. The number of nitrogens with one attached hydrogen (secondary N) is 1. The Labute approximate surface area is 123 Å². The van der Waals surface area contributed by atoms with Gasteiger partial charge in [0.25, 0.3) is 0 Å². The van der Waals surface area contributed by atoms with Gasteiger partial charge in [-0.1, -0.05) is 19.1 Å². The van der Waals surface area contributed by atoms with Crippen LogP contribution in [0.2, 0.25) is 0 Å². The summed E-state index contributed by atoms with van der Waals surface area (Å²) in [5.41, 5.74) is 0.309. The van der Waals surface area contributed by atoms with Crippen LogP contribution in [-0.2, 0) is 10.0 Å². The summed E-state index contributed by atoms with van der Waals surface area (Å²) in [4.78, 5) is -0.135. The maximum Gasteiger partial charge on any atom is 0.402 e. The van der Waals surface area contributed by atoms with Crippen molar-refractivity contribution in [1.29, 1.82) is 0 Å². The van der Waals surface area contributed by atoms with Crippen LogP contribution < -0.4 is 5.32 Å². The molecule has 1 rings (SSSR count). The Morgan fingerprint density at radius 1 is 1.19 bits per heavy atom. The lowest BCUT2D eigenvalue weighted by molar-refractivity contribution is -0.136. The average Bonchev–Trinajstić information content (AvgIpc) is 2.37. The second-order valence-corrected chi connectivity index (χ2v) is 6.39. The molecule has 0 spiro atoms. The van der Waals surface area contributed by atoms with Crippen LogP contribution in [0.3, 0.4) is 0 Å². The van der Waals surface area contributed by atoms with Gasteiger partial charge in [-0.2, -0.15) is 17.5 Å². The van der Waals surface area contributed by atoms with Crippen molar-refractivity contribution in [3.05, 3.63) is 24.3 Å². The Morgan fingerprint density at radius 2 is 1.81 bits per heavy atom. The van der Waals surface area contributed by atoms with Crippen molar-refractivity contribution in [2.24, 2.45) is 0 Å². The monoisotopic (exact) mass is 324 g/mol. The SMILES string of the molecule is CCCN(CC(F)(F)F)S(=O)(=O)c1ccccc1NCC. The van der Waals surface area contributed by atoms with Crippen LogP contribution in [0.1, 0.15) is 20.3 Å². The minimum absolute atomic E-state index is 0.135. The maximum absolute atomic E-state index is 12.6. The minimum Gasteiger partial charge on any atom is -0.384 e. The molecule has 0 amide bonds. The molecule has 8 heteroatoms. The van der Waals surface area contributed by atoms with Crippen LogP contribution in [0.15, 0.2) is 29.2 Å². The van der Waals surface area contributed by atoms with Crippen LogP contribution in [-0.4, -0.2) is 38.5 Å². The Kier molecular flexibility index (Phi) is 6.03. The van der Waals surface area contributed by atoms with Crippen LogP contribution in [0, 0.1) is 0 Å². The van der Waals surface area contributed by atoms with E-state index in [9.17, 15) is 21.6 Å². The van der Waals surface area contributed by atoms with Crippen LogP contribution in [0.25, 0.3) is 0 Å². The zero-order chi connectivity index (χ0) is 16.1. The number of halogens is 3. The van der Waals surface area contributed by atoms with Crippen molar-refractivity contribution in [2.75, 3.05) is 25.0 Å². The Morgan fingerprint density at radius 3 is 2.33 bits per heavy atom. The second-order valence-electron chi connectivity index (χ2n) is 4.48. The van der Waals surface area contributed by atoms with E-state index in [1.807, 2.05) is 0 Å². The average molecular weight is 324 g/mol. The van der Waals surface area contributed by atoms with E-state index in [0.29, 0.717) is 23.0 Å². The van der Waals surface area contributed by atoms with Gasteiger partial charge in [0.1, 0.15) is 11.4 Å². The standard InChI is InChI=1S/C13H19F3N2O2S/c1-3-9-18(10-13(14,15)16)21(19,20)12-8-6-5-7-11(12)17-4-2/h5-8,17H,3-4,9-10H2,1-2H3. The molecule has 4 nitrogen and oxygen atoms in total. The molecule has 0 aliphatic rings. The maximum atomic E-state index is 12.6. The molecule has 1 aromatic rings. The molecule has 1 aromatic carbocycles. The second kappa shape index (κ2) is 7.13. The molecule has 0 radical (unpaired) electrons. The fourth-order valence-electron chi connectivity index (χ4n) is 1.90. The Hall–Kier alpha value is -1.28.